The van der Waals surface area contributed by atoms with Gasteiger partial charge in [-0.2, -0.15) is 0 Å². The van der Waals surface area contributed by atoms with E-state index < -0.39 is 497 Å². The molecule has 0 fully saturated rings. The molecule has 0 aromatic rings. The number of hydrogen-bond acceptors (Lipinski definition) is 0. The molecule has 0 N–H and O–H groups in total. The first kappa shape index (κ1) is 223. The van der Waals surface area contributed by atoms with Crippen LogP contribution < -0.4 is 13.3 Å². The van der Waals surface area contributed by atoms with Crippen molar-refractivity contribution in [3.05, 3.63) is 0 Å². The first-order valence-corrected chi connectivity index (χ1v) is 823. The Balaban J connectivity index is 5.98. The second-order valence-corrected chi connectivity index (χ2v) is 3100. The normalized spacial score (nSPS) is 19.2. The standard InChI is InChI=1S/I129/c1-66-68(4)70(6)72(8)74(10)76(12)78(14)80(16)82(18)84(20)86(22)88(24)90(26)92(28)94(30)96(32)98(34)100(36)102(38)104(40)106(42)108(44)110(46)112(48)114(50)116(52)118(54)120(56)122(58)124(60)126(62)128(64)129(65)127(63)125(61)123(59)121(57)119(55)117(53)115(51)113(49)111(47)109(45)107(43)105(41)103(39)101(37)99(35)97(33)95(31)93(29)91(27)89(25)87(23)85(21)83(19)81(17)79(15)77(13)75(11)73(9)71(7)69(5)67(2)3/q-1. The van der Waals surface area contributed by atoms with Gasteiger partial charge in [-0.15, -0.1) is 0 Å². The van der Waals surface area contributed by atoms with E-state index in [2.05, 4.69) is 1210 Å². The third kappa shape index (κ3) is 90.9. The van der Waals surface area contributed by atoms with Crippen molar-refractivity contribution < 1.29 is 13.3 Å². The van der Waals surface area contributed by atoms with E-state index in [0.29, 0.717) is 13.3 Å². The van der Waals surface area contributed by atoms with Crippen molar-refractivity contribution in [1.29, 1.82) is 0 Å². The van der Waals surface area contributed by atoms with Crippen LogP contribution >= 0.6 is 1710 Å². The number of halogens is 129. The summed E-state index contributed by atoms with van der Waals surface area (Å²) in [7, 11) is -39.9. The predicted molar refractivity (Wildman–Crippen MR) is 1790 cm³/mol. The van der Waals surface area contributed by atoms with Crippen molar-refractivity contribution in [2.75, 3.05) is 0 Å². The Morgan fingerprint density at radius 1 is 0.0698 bits per heavy atom. The minimum atomic E-state index is -0.681. The topological polar surface area (TPSA) is 0 Å². The third-order valence-electron chi connectivity index (χ3n) is 5.10. The Kier molecular flexibility index (Phi) is 233. The number of rotatable bonds is 63. The van der Waals surface area contributed by atoms with Crippen LogP contribution in [-0.4, -0.2) is 0 Å². The molecule has 0 aliphatic rings. The summed E-state index contributed by atoms with van der Waals surface area (Å²) in [5.41, 5.74) is 0. The van der Waals surface area contributed by atoms with E-state index in [1.807, 2.05) is 0 Å². The quantitative estimate of drug-likeness (QED) is 0.0533. The molecule has 0 bridgehead atoms. The van der Waals surface area contributed by atoms with Crippen LogP contribution in [0.2, 0.25) is 0 Å². The van der Waals surface area contributed by atoms with E-state index >= 15 is 0 Å². The maximum absolute atomic E-state index is 3.51. The molecular formula is I129-. The van der Waals surface area contributed by atoms with E-state index in [9.17, 15) is 0 Å². The molecule has 0 atom stereocenters. The van der Waals surface area contributed by atoms with Crippen molar-refractivity contribution in [2.45, 2.75) is 0 Å². The molecule has 0 saturated heterocycles. The van der Waals surface area contributed by atoms with Gasteiger partial charge in [-0.25, -0.2) is 0 Å². The van der Waals surface area contributed by atoms with Crippen LogP contribution in [0.25, 0.3) is 0 Å². The molecule has 0 aromatic carbocycles. The van der Waals surface area contributed by atoms with Gasteiger partial charge >= 0.3 is 1720 Å². The summed E-state index contributed by atoms with van der Waals surface area (Å²) in [5, 5.41) is 0. The van der Waals surface area contributed by atoms with Crippen molar-refractivity contribution in [2.24, 2.45) is 0 Å². The fraction of sp³-hybridized carbons (Fsp3) is 0. The van der Waals surface area contributed by atoms with Gasteiger partial charge in [-0.1, -0.05) is 0 Å². The summed E-state index contributed by atoms with van der Waals surface area (Å²) in [6, 6.07) is 0. The van der Waals surface area contributed by atoms with Gasteiger partial charge in [0.15, 0.2) is 0 Å². The predicted octanol–water partition coefficient (Wildman–Crippen LogP) is 110. The molecule has 0 amide bonds. The minimum absolute atomic E-state index is 0.429. The first-order valence-electron chi connectivity index (χ1n) is 18.3. The molecule has 129 heavy (non-hydrogen) atoms. The van der Waals surface area contributed by atoms with Gasteiger partial charge < -0.3 is 0 Å². The average Bonchev–Trinajstić information content (AvgIpc) is 0.809. The summed E-state index contributed by atoms with van der Waals surface area (Å²) in [6.45, 7) is 0. The number of hydrogen-bond donors (Lipinski definition) is 0. The molecule has 0 aliphatic carbocycles. The second-order valence-electron chi connectivity index (χ2n) is 10.3. The molecular weight excluding hydrogens is 16400 g/mol. The molecule has 904 valence electrons. The fourth-order valence-electron chi connectivity index (χ4n) is 1.90. The first-order chi connectivity index (χ1) is 58.7. The van der Waals surface area contributed by atoms with Gasteiger partial charge in [0.25, 0.3) is 0 Å². The SMILES string of the molecule is I[I-]I(I)I(I)I(I)I(I)I(I)I(I)I(I)I(I)I(I)I(I)I(I)I(I)I(I)I(I)I(I)I(I)I(I)I(I)I(I)I(I)I(I)I(I)I(I)I(I)I(I)I(I)I(I)I(I)I(I)I(I)I(I)I(I)I(I)I(I)I(I)I(I)I(I)I(I)I(I)I(I)I(I)I(I)I(I)I(I)I(I)I(I)I(I)I(I)I(I)I(I)I(I)I(I)I(I)I(I)I(I)I(I)I(I)I(I)I(I)I(I)I(I)I(I)I(I)I. The summed E-state index contributed by atoms with van der Waals surface area (Å²) in [4.78, 5) is 0. The van der Waals surface area contributed by atoms with Crippen LogP contribution in [-0.2, 0) is 0 Å². The zero-order valence-corrected chi connectivity index (χ0v) is 327. The Hall–Kier alpha value is 94.2. The van der Waals surface area contributed by atoms with Crippen molar-refractivity contribution in [3.8, 4) is 0 Å². The molecule has 0 nitrogen and oxygen atoms in total. The fourth-order valence-corrected chi connectivity index (χ4v) is 25800. The van der Waals surface area contributed by atoms with Crippen molar-refractivity contribution >= 4 is 1710 Å². The summed E-state index contributed by atoms with van der Waals surface area (Å²) < 4.78 is 0. The summed E-state index contributed by atoms with van der Waals surface area (Å²) in [5.74, 6) is 0. The molecule has 0 saturated carbocycles. The van der Waals surface area contributed by atoms with Gasteiger partial charge in [0.2, 0.25) is 0 Å². The van der Waals surface area contributed by atoms with Gasteiger partial charge in [0.1, 0.15) is 0 Å². The molecule has 0 rings (SSSR count). The van der Waals surface area contributed by atoms with Gasteiger partial charge in [-0.05, 0) is 0 Å². The molecule has 0 spiro atoms. The second kappa shape index (κ2) is 135. The molecule has 0 heterocycles. The van der Waals surface area contributed by atoms with Gasteiger partial charge in [0, 0.05) is 0 Å². The molecule has 0 aliphatic heterocycles. The third-order valence-corrected chi connectivity index (χ3v) is 10300. The van der Waals surface area contributed by atoms with Crippen LogP contribution in [0.15, 0.2) is 0 Å². The molecule has 0 aromatic heterocycles. The van der Waals surface area contributed by atoms with Crippen LogP contribution in [0.3, 0.4) is 0 Å². The maximum atomic E-state index is 3.51. The van der Waals surface area contributed by atoms with E-state index in [0.717, 1.165) is 0 Å². The van der Waals surface area contributed by atoms with E-state index in [1.165, 1.54) is 0 Å². The van der Waals surface area contributed by atoms with E-state index in [4.69, 9.17) is 0 Å². The zero-order chi connectivity index (χ0) is 102. The summed E-state index contributed by atoms with van der Waals surface area (Å²) >= 11 is 223. The Labute approximate surface area is 1610 Å². The van der Waals surface area contributed by atoms with Crippen LogP contribution in [0, 0.1) is 0 Å². The zero-order valence-electron chi connectivity index (χ0n) is 48.8. The van der Waals surface area contributed by atoms with Crippen LogP contribution in [0.5, 0.6) is 0 Å². The van der Waals surface area contributed by atoms with Gasteiger partial charge in [-0.3, -0.25) is 0 Å². The van der Waals surface area contributed by atoms with Gasteiger partial charge in [0.05, 0.1) is 0 Å². The average molecular weight is 16400 g/mol. The Morgan fingerprint density at radius 3 is 0.163 bits per heavy atom. The summed E-state index contributed by atoms with van der Waals surface area (Å²) in [6.07, 6.45) is 0. The van der Waals surface area contributed by atoms with E-state index in [1.54, 1.807) is 0 Å². The van der Waals surface area contributed by atoms with E-state index in [-0.39, 0.29) is 0 Å². The van der Waals surface area contributed by atoms with Crippen LogP contribution in [0.4, 0.5) is 0 Å². The molecule has 129 heteroatoms. The molecule has 0 radical (unpaired) electrons. The van der Waals surface area contributed by atoms with Crippen molar-refractivity contribution in [1.82, 2.24) is 0 Å². The monoisotopic (exact) mass is 16400 g/mol. The Bertz CT molecular complexity index is 2690. The Morgan fingerprint density at radius 2 is 0.116 bits per heavy atom. The molecule has 0 unspecified atom stereocenters. The van der Waals surface area contributed by atoms with Crippen LogP contribution in [0.1, 0.15) is 0 Å². The van der Waals surface area contributed by atoms with Crippen molar-refractivity contribution in [3.63, 3.8) is 0 Å².